The van der Waals surface area contributed by atoms with Crippen LogP contribution in [-0.4, -0.2) is 25.2 Å². The zero-order valence-electron chi connectivity index (χ0n) is 11.4. The molecule has 0 unspecified atom stereocenters. The van der Waals surface area contributed by atoms with Crippen LogP contribution in [0.1, 0.15) is 38.2 Å². The Kier molecular flexibility index (Phi) is 3.55. The Morgan fingerprint density at radius 3 is 2.72 bits per heavy atom. The summed E-state index contributed by atoms with van der Waals surface area (Å²) in [6, 6.07) is 10.6. The molecule has 2 aliphatic rings. The van der Waals surface area contributed by atoms with E-state index in [0.717, 1.165) is 31.6 Å². The molecule has 0 spiro atoms. The summed E-state index contributed by atoms with van der Waals surface area (Å²) in [7, 11) is 0. The summed E-state index contributed by atoms with van der Waals surface area (Å²) in [5.74, 6) is 0. The number of piperazine rings is 1. The molecule has 2 nitrogen and oxygen atoms in total. The van der Waals surface area contributed by atoms with Crippen molar-refractivity contribution in [3.8, 4) is 0 Å². The first-order valence-electron chi connectivity index (χ1n) is 7.47. The van der Waals surface area contributed by atoms with E-state index in [0.29, 0.717) is 0 Å². The molecule has 1 heterocycles. The minimum atomic E-state index is 0.721. The third kappa shape index (κ3) is 2.26. The highest BCUT2D eigenvalue weighted by molar-refractivity contribution is 5.49. The summed E-state index contributed by atoms with van der Waals surface area (Å²) in [6.07, 6.45) is 6.64. The largest absolute Gasteiger partial charge is 0.366 e. The molecule has 0 aromatic heterocycles. The Morgan fingerprint density at radius 2 is 1.94 bits per heavy atom. The van der Waals surface area contributed by atoms with Gasteiger partial charge >= 0.3 is 0 Å². The van der Waals surface area contributed by atoms with Gasteiger partial charge in [-0.05, 0) is 37.0 Å². The van der Waals surface area contributed by atoms with E-state index < -0.39 is 0 Å². The first kappa shape index (κ1) is 12.0. The molecular formula is C16H24N2. The van der Waals surface area contributed by atoms with Crippen molar-refractivity contribution < 1.29 is 0 Å². The molecule has 98 valence electrons. The highest BCUT2D eigenvalue weighted by Gasteiger charge is 2.32. The number of hydrogen-bond acceptors (Lipinski definition) is 2. The van der Waals surface area contributed by atoms with E-state index in [1.54, 1.807) is 0 Å². The highest BCUT2D eigenvalue weighted by Crippen LogP contribution is 2.29. The lowest BCUT2D eigenvalue weighted by Crippen LogP contribution is -2.59. The second kappa shape index (κ2) is 5.31. The fourth-order valence-corrected chi connectivity index (χ4v) is 3.50. The zero-order chi connectivity index (χ0) is 12.4. The van der Waals surface area contributed by atoms with Crippen molar-refractivity contribution in [1.29, 1.82) is 0 Å². The van der Waals surface area contributed by atoms with Crippen LogP contribution in [0.25, 0.3) is 0 Å². The monoisotopic (exact) mass is 244 g/mol. The standard InChI is InChI=1S/C16H24N2/c1-2-13-7-9-14(10-8-13)18-12-11-17-15-5-3-4-6-16(15)18/h7-10,15-17H,2-6,11-12H2,1H3/t15-,16-/m0/s1. The van der Waals surface area contributed by atoms with Gasteiger partial charge in [-0.15, -0.1) is 0 Å². The third-order valence-corrected chi connectivity index (χ3v) is 4.57. The first-order valence-corrected chi connectivity index (χ1v) is 7.47. The summed E-state index contributed by atoms with van der Waals surface area (Å²) < 4.78 is 0. The van der Waals surface area contributed by atoms with Gasteiger partial charge in [0.2, 0.25) is 0 Å². The molecule has 1 aromatic carbocycles. The van der Waals surface area contributed by atoms with Crippen LogP contribution in [0.5, 0.6) is 0 Å². The van der Waals surface area contributed by atoms with E-state index in [1.165, 1.54) is 36.9 Å². The fourth-order valence-electron chi connectivity index (χ4n) is 3.50. The van der Waals surface area contributed by atoms with E-state index in [4.69, 9.17) is 0 Å². The number of rotatable bonds is 2. The molecule has 1 aromatic rings. The normalized spacial score (nSPS) is 27.9. The first-order chi connectivity index (χ1) is 8.88. The summed E-state index contributed by atoms with van der Waals surface area (Å²) in [5.41, 5.74) is 2.86. The summed E-state index contributed by atoms with van der Waals surface area (Å²) in [6.45, 7) is 4.51. The average Bonchev–Trinajstić information content (AvgIpc) is 2.47. The maximum Gasteiger partial charge on any atom is 0.0443 e. The predicted molar refractivity (Wildman–Crippen MR) is 77.2 cm³/mol. The molecule has 2 fully saturated rings. The van der Waals surface area contributed by atoms with Gasteiger partial charge in [-0.2, -0.15) is 0 Å². The van der Waals surface area contributed by atoms with E-state index in [9.17, 15) is 0 Å². The maximum absolute atomic E-state index is 3.70. The second-order valence-electron chi connectivity index (χ2n) is 5.63. The van der Waals surface area contributed by atoms with Crippen molar-refractivity contribution in [2.24, 2.45) is 0 Å². The SMILES string of the molecule is CCc1ccc(N2CCN[C@H]3CCCC[C@@H]32)cc1. The minimum Gasteiger partial charge on any atom is -0.366 e. The Hall–Kier alpha value is -1.02. The van der Waals surface area contributed by atoms with Crippen LogP contribution in [0.3, 0.4) is 0 Å². The molecular weight excluding hydrogens is 220 g/mol. The topological polar surface area (TPSA) is 15.3 Å². The van der Waals surface area contributed by atoms with Crippen molar-refractivity contribution in [3.63, 3.8) is 0 Å². The molecule has 0 bridgehead atoms. The van der Waals surface area contributed by atoms with Gasteiger partial charge in [0, 0.05) is 30.9 Å². The van der Waals surface area contributed by atoms with E-state index in [-0.39, 0.29) is 0 Å². The van der Waals surface area contributed by atoms with Crippen LogP contribution >= 0.6 is 0 Å². The summed E-state index contributed by atoms with van der Waals surface area (Å²) in [5, 5.41) is 3.70. The fraction of sp³-hybridized carbons (Fsp3) is 0.625. The molecule has 1 saturated carbocycles. The van der Waals surface area contributed by atoms with Crippen LogP contribution < -0.4 is 10.2 Å². The van der Waals surface area contributed by atoms with Crippen molar-refractivity contribution in [2.75, 3.05) is 18.0 Å². The molecule has 1 saturated heterocycles. The van der Waals surface area contributed by atoms with Crippen LogP contribution in [0.15, 0.2) is 24.3 Å². The molecule has 2 heteroatoms. The van der Waals surface area contributed by atoms with Gasteiger partial charge in [-0.1, -0.05) is 31.9 Å². The molecule has 18 heavy (non-hydrogen) atoms. The van der Waals surface area contributed by atoms with Gasteiger partial charge in [0.25, 0.3) is 0 Å². The lowest BCUT2D eigenvalue weighted by Gasteiger charge is -2.46. The zero-order valence-corrected chi connectivity index (χ0v) is 11.4. The van der Waals surface area contributed by atoms with Crippen molar-refractivity contribution in [2.45, 2.75) is 51.1 Å². The Bertz CT molecular complexity index is 383. The van der Waals surface area contributed by atoms with Gasteiger partial charge in [0.05, 0.1) is 0 Å². The van der Waals surface area contributed by atoms with Gasteiger partial charge < -0.3 is 10.2 Å². The number of benzene rings is 1. The summed E-state index contributed by atoms with van der Waals surface area (Å²) >= 11 is 0. The van der Waals surface area contributed by atoms with E-state index in [1.807, 2.05) is 0 Å². The molecule has 0 radical (unpaired) electrons. The van der Waals surface area contributed by atoms with Crippen LogP contribution in [0.4, 0.5) is 5.69 Å². The average molecular weight is 244 g/mol. The van der Waals surface area contributed by atoms with Gasteiger partial charge in [0.15, 0.2) is 0 Å². The lowest BCUT2D eigenvalue weighted by molar-refractivity contribution is 0.284. The number of nitrogens with one attached hydrogen (secondary N) is 1. The van der Waals surface area contributed by atoms with E-state index >= 15 is 0 Å². The van der Waals surface area contributed by atoms with Gasteiger partial charge in [0.1, 0.15) is 0 Å². The summed E-state index contributed by atoms with van der Waals surface area (Å²) in [4.78, 5) is 2.64. The Morgan fingerprint density at radius 1 is 1.17 bits per heavy atom. The van der Waals surface area contributed by atoms with Crippen LogP contribution in [0, 0.1) is 0 Å². The van der Waals surface area contributed by atoms with Gasteiger partial charge in [-0.25, -0.2) is 0 Å². The van der Waals surface area contributed by atoms with Crippen molar-refractivity contribution in [1.82, 2.24) is 5.32 Å². The van der Waals surface area contributed by atoms with Crippen molar-refractivity contribution in [3.05, 3.63) is 29.8 Å². The number of nitrogens with zero attached hydrogens (tertiary/aromatic N) is 1. The van der Waals surface area contributed by atoms with E-state index in [2.05, 4.69) is 41.4 Å². The third-order valence-electron chi connectivity index (χ3n) is 4.57. The number of anilines is 1. The minimum absolute atomic E-state index is 0.721. The lowest BCUT2D eigenvalue weighted by atomic mass is 9.87. The number of hydrogen-bond donors (Lipinski definition) is 1. The smallest absolute Gasteiger partial charge is 0.0443 e. The van der Waals surface area contributed by atoms with Gasteiger partial charge in [-0.3, -0.25) is 0 Å². The second-order valence-corrected chi connectivity index (χ2v) is 5.63. The van der Waals surface area contributed by atoms with Crippen LogP contribution in [-0.2, 0) is 6.42 Å². The Labute approximate surface area is 110 Å². The quantitative estimate of drug-likeness (QED) is 0.860. The molecule has 1 N–H and O–H groups in total. The highest BCUT2D eigenvalue weighted by atomic mass is 15.2. The molecule has 1 aliphatic carbocycles. The number of fused-ring (bicyclic) bond motifs is 1. The molecule has 2 atom stereocenters. The molecule has 3 rings (SSSR count). The Balaban J connectivity index is 1.80. The molecule has 0 amide bonds. The maximum atomic E-state index is 3.70. The van der Waals surface area contributed by atoms with Crippen LogP contribution in [0.2, 0.25) is 0 Å². The predicted octanol–water partition coefficient (Wildman–Crippen LogP) is 2.97. The van der Waals surface area contributed by atoms with Crippen molar-refractivity contribution >= 4 is 5.69 Å². The number of aryl methyl sites for hydroxylation is 1. The molecule has 1 aliphatic heterocycles.